The zero-order chi connectivity index (χ0) is 35.7. The van der Waals surface area contributed by atoms with Crippen molar-refractivity contribution in [3.05, 3.63) is 29.3 Å². The van der Waals surface area contributed by atoms with Crippen molar-refractivity contribution in [3.63, 3.8) is 0 Å². The molecule has 1 aromatic rings. The molecule has 1 amide bonds. The molecule has 0 unspecified atom stereocenters. The second-order valence-corrected chi connectivity index (χ2v) is 18.8. The van der Waals surface area contributed by atoms with Gasteiger partial charge in [-0.05, 0) is 56.6 Å². The molecule has 0 aliphatic heterocycles. The van der Waals surface area contributed by atoms with Gasteiger partial charge in [0.05, 0.1) is 12.7 Å². The van der Waals surface area contributed by atoms with E-state index in [-0.39, 0.29) is 6.42 Å². The summed E-state index contributed by atoms with van der Waals surface area (Å²) in [6.07, 6.45) is 23.0. The minimum Gasteiger partial charge on any atom is -0.543 e. The number of carbonyl (C=O) groups is 3. The Morgan fingerprint density at radius 2 is 1.21 bits per heavy atom. The lowest BCUT2D eigenvalue weighted by Gasteiger charge is -2.33. The molecule has 1 N–H and O–H groups in total. The van der Waals surface area contributed by atoms with Gasteiger partial charge in [0.1, 0.15) is 17.4 Å². The van der Waals surface area contributed by atoms with Gasteiger partial charge in [0.25, 0.3) is 8.32 Å². The normalized spacial score (nSPS) is 12.4. The van der Waals surface area contributed by atoms with E-state index < -0.39 is 32.0 Å². The lowest BCUT2D eigenvalue weighted by atomic mass is 10.0. The molecule has 0 saturated heterocycles. The van der Waals surface area contributed by atoms with Gasteiger partial charge in [-0.2, -0.15) is 0 Å². The minimum atomic E-state index is -2.21. The topological polar surface area (TPSA) is 90.9 Å². The summed E-state index contributed by atoms with van der Waals surface area (Å²) >= 11 is 0. The summed E-state index contributed by atoms with van der Waals surface area (Å²) in [4.78, 5) is 37.6. The number of carbonyl (C=O) groups excluding carboxylic acids is 3. The highest BCUT2D eigenvalue weighted by Crippen LogP contribution is 2.34. The van der Waals surface area contributed by atoms with Crippen molar-refractivity contribution in [2.45, 2.75) is 193 Å². The van der Waals surface area contributed by atoms with Crippen molar-refractivity contribution < 1.29 is 28.3 Å². The van der Waals surface area contributed by atoms with E-state index >= 15 is 0 Å². The zero-order valence-corrected chi connectivity index (χ0v) is 32.9. The van der Waals surface area contributed by atoms with E-state index in [2.05, 4.69) is 26.1 Å². The van der Waals surface area contributed by atoms with Gasteiger partial charge in [0.15, 0.2) is 6.29 Å². The molecule has 0 aliphatic carbocycles. The van der Waals surface area contributed by atoms with Crippen LogP contribution in [0.4, 0.5) is 4.79 Å². The van der Waals surface area contributed by atoms with Crippen LogP contribution in [0.2, 0.25) is 18.1 Å². The molecule has 0 radical (unpaired) electrons. The second-order valence-electron chi connectivity index (χ2n) is 14.8. The van der Waals surface area contributed by atoms with Crippen molar-refractivity contribution >= 4 is 26.7 Å². The molecule has 8 heteroatoms. The maximum atomic E-state index is 12.6. The standard InChI is InChI=1S/C40H71NO6Si/c1-8-11-14-17-20-23-28-48(29-24-21-18-15-12-9-2,30-25-22-19-16-13-10-3)47-37-27-26-34(31-35(37)33-42)32-36(38(43)45-7)41-39(44)46-40(4,5)6/h26-27,31,33,36H,8-25,28-30,32H2,1-7H3,(H,41,44)/t36-/m0/s1. The predicted octanol–water partition coefficient (Wildman–Crippen LogP) is 11.5. The summed E-state index contributed by atoms with van der Waals surface area (Å²) < 4.78 is 17.5. The Morgan fingerprint density at radius 3 is 1.62 bits per heavy atom. The van der Waals surface area contributed by atoms with Crippen LogP contribution in [0, 0.1) is 0 Å². The molecule has 0 heterocycles. The Bertz CT molecular complexity index is 983. The van der Waals surface area contributed by atoms with Gasteiger partial charge in [-0.25, -0.2) is 9.59 Å². The molecule has 1 atom stereocenters. The summed E-state index contributed by atoms with van der Waals surface area (Å²) in [6, 6.07) is 8.07. The van der Waals surface area contributed by atoms with Crippen molar-refractivity contribution in [3.8, 4) is 5.75 Å². The van der Waals surface area contributed by atoms with E-state index in [1.54, 1.807) is 26.8 Å². The Balaban J connectivity index is 3.26. The Labute approximate surface area is 295 Å². The molecule has 0 fully saturated rings. The quantitative estimate of drug-likeness (QED) is 0.0407. The number of esters is 1. The monoisotopic (exact) mass is 690 g/mol. The molecule has 48 heavy (non-hydrogen) atoms. The van der Waals surface area contributed by atoms with Crippen LogP contribution in [0.5, 0.6) is 5.75 Å². The fourth-order valence-corrected chi connectivity index (χ4v) is 10.8. The van der Waals surface area contributed by atoms with Gasteiger partial charge in [-0.1, -0.05) is 142 Å². The second kappa shape index (κ2) is 25.6. The molecule has 0 aliphatic rings. The van der Waals surface area contributed by atoms with Gasteiger partial charge in [-0.15, -0.1) is 0 Å². The highest BCUT2D eigenvalue weighted by Gasteiger charge is 2.36. The van der Waals surface area contributed by atoms with E-state index in [4.69, 9.17) is 13.9 Å². The molecule has 0 saturated carbocycles. The van der Waals surface area contributed by atoms with Crippen LogP contribution >= 0.6 is 0 Å². The molecule has 0 bridgehead atoms. The average molecular weight is 690 g/mol. The van der Waals surface area contributed by atoms with Crippen LogP contribution in [0.15, 0.2) is 18.2 Å². The van der Waals surface area contributed by atoms with E-state index in [1.807, 2.05) is 12.1 Å². The largest absolute Gasteiger partial charge is 0.543 e. The molecule has 0 aromatic heterocycles. The number of benzene rings is 1. The lowest BCUT2D eigenvalue weighted by molar-refractivity contribution is -0.143. The van der Waals surface area contributed by atoms with Crippen molar-refractivity contribution in [1.82, 2.24) is 5.32 Å². The summed E-state index contributed by atoms with van der Waals surface area (Å²) in [5, 5.41) is 2.64. The maximum absolute atomic E-state index is 12.6. The Kier molecular flexibility index (Phi) is 23.3. The van der Waals surface area contributed by atoms with Crippen LogP contribution < -0.4 is 9.74 Å². The van der Waals surface area contributed by atoms with Gasteiger partial charge in [0, 0.05) is 6.42 Å². The smallest absolute Gasteiger partial charge is 0.408 e. The highest BCUT2D eigenvalue weighted by molar-refractivity contribution is 6.74. The first-order valence-electron chi connectivity index (χ1n) is 19.4. The van der Waals surface area contributed by atoms with Crippen LogP contribution in [0.1, 0.15) is 173 Å². The highest BCUT2D eigenvalue weighted by atomic mass is 28.4. The van der Waals surface area contributed by atoms with Gasteiger partial charge < -0.3 is 19.2 Å². The first-order chi connectivity index (χ1) is 23.0. The SMILES string of the molecule is CCCCCCCC[Si](CCCCCCCC)(CCCCCCCC)Oc1ccc(C[C@H](NC(=O)OC(C)(C)C)C(=O)OC)cc1C=O. The summed E-state index contributed by atoms with van der Waals surface area (Å²) in [5.74, 6) is 0.0927. The number of rotatable bonds is 28. The predicted molar refractivity (Wildman–Crippen MR) is 202 cm³/mol. The van der Waals surface area contributed by atoms with Crippen LogP contribution in [-0.4, -0.2) is 45.4 Å². The number of hydrogen-bond acceptors (Lipinski definition) is 6. The van der Waals surface area contributed by atoms with Gasteiger partial charge >= 0.3 is 12.1 Å². The first-order valence-corrected chi connectivity index (χ1v) is 21.9. The first kappa shape index (κ1) is 43.7. The fourth-order valence-electron chi connectivity index (χ4n) is 6.37. The number of aldehydes is 1. The number of unbranched alkanes of at least 4 members (excludes halogenated alkanes) is 15. The molecule has 276 valence electrons. The Hall–Kier alpha value is -2.35. The molecule has 0 spiro atoms. The molecular formula is C40H71NO6Si. The van der Waals surface area contributed by atoms with Crippen LogP contribution in [0.25, 0.3) is 0 Å². The summed E-state index contributed by atoms with van der Waals surface area (Å²) in [7, 11) is -0.921. The number of hydrogen-bond donors (Lipinski definition) is 1. The number of alkyl carbamates (subject to hydrolysis) is 1. The Morgan fingerprint density at radius 1 is 0.750 bits per heavy atom. The summed E-state index contributed by atoms with van der Waals surface area (Å²) in [5.41, 5.74) is 0.538. The van der Waals surface area contributed by atoms with Crippen LogP contribution in [0.3, 0.4) is 0 Å². The van der Waals surface area contributed by atoms with Crippen LogP contribution in [-0.2, 0) is 20.7 Å². The number of methoxy groups -OCH3 is 1. The van der Waals surface area contributed by atoms with Gasteiger partial charge in [0.2, 0.25) is 0 Å². The van der Waals surface area contributed by atoms with E-state index in [1.165, 1.54) is 123 Å². The third kappa shape index (κ3) is 19.6. The molecule has 1 rings (SSSR count). The van der Waals surface area contributed by atoms with E-state index in [0.29, 0.717) is 11.3 Å². The third-order valence-corrected chi connectivity index (χ3v) is 13.5. The average Bonchev–Trinajstić information content (AvgIpc) is 3.05. The van der Waals surface area contributed by atoms with Crippen molar-refractivity contribution in [2.24, 2.45) is 0 Å². The molecule has 7 nitrogen and oxygen atoms in total. The lowest BCUT2D eigenvalue weighted by Crippen LogP contribution is -2.45. The summed E-state index contributed by atoms with van der Waals surface area (Å²) in [6.45, 7) is 12.1. The van der Waals surface area contributed by atoms with E-state index in [9.17, 15) is 14.4 Å². The fraction of sp³-hybridized carbons (Fsp3) is 0.775. The van der Waals surface area contributed by atoms with Crippen molar-refractivity contribution in [2.75, 3.05) is 7.11 Å². The number of amides is 1. The molecule has 1 aromatic carbocycles. The molecular weight excluding hydrogens is 619 g/mol. The number of ether oxygens (including phenoxy) is 2. The third-order valence-electron chi connectivity index (χ3n) is 9.10. The number of nitrogens with one attached hydrogen (secondary N) is 1. The van der Waals surface area contributed by atoms with Gasteiger partial charge in [-0.3, -0.25) is 4.79 Å². The van der Waals surface area contributed by atoms with E-state index in [0.717, 1.165) is 30.0 Å². The maximum Gasteiger partial charge on any atom is 0.408 e. The zero-order valence-electron chi connectivity index (χ0n) is 31.9. The minimum absolute atomic E-state index is 0.170. The van der Waals surface area contributed by atoms with Crippen molar-refractivity contribution in [1.29, 1.82) is 0 Å².